The third-order valence-electron chi connectivity index (χ3n) is 6.75. The zero-order valence-electron chi connectivity index (χ0n) is 20.1. The van der Waals surface area contributed by atoms with Gasteiger partial charge in [0, 0.05) is 38.2 Å². The molecule has 0 aromatic heterocycles. The molecule has 1 amide bonds. The van der Waals surface area contributed by atoms with Crippen molar-refractivity contribution in [2.45, 2.75) is 12.5 Å². The van der Waals surface area contributed by atoms with Crippen LogP contribution in [-0.2, 0) is 4.79 Å². The average molecular weight is 491 g/mol. The van der Waals surface area contributed by atoms with Crippen LogP contribution in [0.2, 0.25) is 0 Å². The van der Waals surface area contributed by atoms with E-state index in [-0.39, 0.29) is 30.1 Å². The number of carbonyl (C=O) groups is 1. The Kier molecular flexibility index (Phi) is 6.95. The quantitative estimate of drug-likeness (QED) is 0.512. The number of rotatable bonds is 6. The maximum absolute atomic E-state index is 14.2. The van der Waals surface area contributed by atoms with E-state index in [0.29, 0.717) is 49.6 Å². The van der Waals surface area contributed by atoms with E-state index in [0.717, 1.165) is 11.3 Å². The largest absolute Gasteiger partial charge is 0.497 e. The summed E-state index contributed by atoms with van der Waals surface area (Å²) in [6.07, 6.45) is 0.489. The molecule has 3 aromatic carbocycles. The van der Waals surface area contributed by atoms with Crippen LogP contribution in [0.15, 0.2) is 77.9 Å². The fourth-order valence-corrected chi connectivity index (χ4v) is 4.79. The molecule has 0 aliphatic carbocycles. The number of carbonyl (C=O) groups excluding carboxylic acids is 1. The van der Waals surface area contributed by atoms with E-state index in [1.807, 2.05) is 41.3 Å². The molecule has 6 nitrogen and oxygen atoms in total. The van der Waals surface area contributed by atoms with Gasteiger partial charge in [0.25, 0.3) is 5.91 Å². The standard InChI is InChI=1S/C28H28F2N4O2/c1-36-23-11-9-20(10-12-23)27-18-25(21-5-4-6-22(29)17-21)31-34(27)28(35)19-32-13-15-33(16-14-32)26-8-3-2-7-24(26)30/h2-12,17,27H,13-16,18-19H2,1H3/t27-/m0/s1. The second-order valence-corrected chi connectivity index (χ2v) is 9.00. The normalized spacial score (nSPS) is 18.3. The van der Waals surface area contributed by atoms with Crippen molar-refractivity contribution in [3.63, 3.8) is 0 Å². The number of ether oxygens (including phenoxy) is 1. The van der Waals surface area contributed by atoms with Gasteiger partial charge in [0.15, 0.2) is 0 Å². The second kappa shape index (κ2) is 10.5. The van der Waals surface area contributed by atoms with Crippen molar-refractivity contribution in [3.8, 4) is 5.75 Å². The Bertz CT molecular complexity index is 1260. The van der Waals surface area contributed by atoms with Gasteiger partial charge in [-0.3, -0.25) is 9.69 Å². The summed E-state index contributed by atoms with van der Waals surface area (Å²) in [4.78, 5) is 17.6. The highest BCUT2D eigenvalue weighted by Gasteiger charge is 2.34. The lowest BCUT2D eigenvalue weighted by Crippen LogP contribution is -2.49. The molecule has 5 rings (SSSR count). The van der Waals surface area contributed by atoms with Gasteiger partial charge >= 0.3 is 0 Å². The summed E-state index contributed by atoms with van der Waals surface area (Å²) in [7, 11) is 1.61. The number of amides is 1. The van der Waals surface area contributed by atoms with Crippen molar-refractivity contribution in [3.05, 3.63) is 95.6 Å². The minimum Gasteiger partial charge on any atom is -0.497 e. The van der Waals surface area contributed by atoms with Crippen LogP contribution in [0.25, 0.3) is 0 Å². The summed E-state index contributed by atoms with van der Waals surface area (Å²) in [6.45, 7) is 2.75. The number of methoxy groups -OCH3 is 1. The number of anilines is 1. The van der Waals surface area contributed by atoms with Gasteiger partial charge < -0.3 is 9.64 Å². The molecule has 0 N–H and O–H groups in total. The van der Waals surface area contributed by atoms with Crippen molar-refractivity contribution in [1.29, 1.82) is 0 Å². The van der Waals surface area contributed by atoms with Gasteiger partial charge in [0.05, 0.1) is 31.1 Å². The monoisotopic (exact) mass is 490 g/mol. The molecule has 2 aliphatic heterocycles. The molecular weight excluding hydrogens is 462 g/mol. The van der Waals surface area contributed by atoms with Crippen LogP contribution < -0.4 is 9.64 Å². The number of nitrogens with zero attached hydrogens (tertiary/aromatic N) is 4. The van der Waals surface area contributed by atoms with Gasteiger partial charge in [-0.25, -0.2) is 13.8 Å². The maximum Gasteiger partial charge on any atom is 0.257 e. The van der Waals surface area contributed by atoms with Crippen molar-refractivity contribution in [2.24, 2.45) is 5.10 Å². The Morgan fingerprint density at radius 1 is 0.972 bits per heavy atom. The van der Waals surface area contributed by atoms with Gasteiger partial charge in [-0.2, -0.15) is 5.10 Å². The topological polar surface area (TPSA) is 48.4 Å². The molecule has 0 radical (unpaired) electrons. The summed E-state index contributed by atoms with van der Waals surface area (Å²) in [5.41, 5.74) is 2.87. The van der Waals surface area contributed by atoms with Gasteiger partial charge in [0.2, 0.25) is 0 Å². The van der Waals surface area contributed by atoms with Crippen LogP contribution in [0, 0.1) is 11.6 Å². The van der Waals surface area contributed by atoms with E-state index in [1.165, 1.54) is 23.2 Å². The molecule has 0 saturated carbocycles. The maximum atomic E-state index is 14.2. The molecule has 2 heterocycles. The lowest BCUT2D eigenvalue weighted by atomic mass is 9.98. The van der Waals surface area contributed by atoms with Crippen LogP contribution in [0.5, 0.6) is 5.75 Å². The van der Waals surface area contributed by atoms with Crippen molar-refractivity contribution < 1.29 is 18.3 Å². The first-order valence-corrected chi connectivity index (χ1v) is 12.0. The van der Waals surface area contributed by atoms with Crippen molar-refractivity contribution in [1.82, 2.24) is 9.91 Å². The Labute approximate surface area is 209 Å². The number of piperazine rings is 1. The molecule has 0 bridgehead atoms. The van der Waals surface area contributed by atoms with E-state index in [2.05, 4.69) is 10.0 Å². The SMILES string of the molecule is COc1ccc([C@@H]2CC(c3cccc(F)c3)=NN2C(=O)CN2CCN(c3ccccc3F)CC2)cc1. The van der Waals surface area contributed by atoms with Crippen LogP contribution >= 0.6 is 0 Å². The Hall–Kier alpha value is -3.78. The molecular formula is C28H28F2N4O2. The van der Waals surface area contributed by atoms with Gasteiger partial charge in [-0.15, -0.1) is 0 Å². The van der Waals surface area contributed by atoms with Crippen LogP contribution in [0.3, 0.4) is 0 Å². The zero-order chi connectivity index (χ0) is 25.1. The summed E-state index contributed by atoms with van der Waals surface area (Å²) in [6, 6.07) is 20.3. The molecule has 1 saturated heterocycles. The Morgan fingerprint density at radius 3 is 2.42 bits per heavy atom. The number of hydrazone groups is 1. The number of para-hydroxylation sites is 1. The molecule has 1 atom stereocenters. The predicted octanol–water partition coefficient (Wildman–Crippen LogP) is 4.47. The minimum atomic E-state index is -0.339. The van der Waals surface area contributed by atoms with E-state index in [1.54, 1.807) is 25.3 Å². The van der Waals surface area contributed by atoms with E-state index in [9.17, 15) is 13.6 Å². The summed E-state index contributed by atoms with van der Waals surface area (Å²) >= 11 is 0. The zero-order valence-corrected chi connectivity index (χ0v) is 20.1. The van der Waals surface area contributed by atoms with E-state index in [4.69, 9.17) is 4.74 Å². The fourth-order valence-electron chi connectivity index (χ4n) is 4.79. The van der Waals surface area contributed by atoms with Crippen LogP contribution in [-0.4, -0.2) is 61.4 Å². The van der Waals surface area contributed by atoms with Gasteiger partial charge in [-0.1, -0.05) is 36.4 Å². The first-order valence-electron chi connectivity index (χ1n) is 12.0. The molecule has 8 heteroatoms. The van der Waals surface area contributed by atoms with E-state index >= 15 is 0 Å². The molecule has 186 valence electrons. The van der Waals surface area contributed by atoms with Crippen LogP contribution in [0.4, 0.5) is 14.5 Å². The fraction of sp³-hybridized carbons (Fsp3) is 0.286. The van der Waals surface area contributed by atoms with Gasteiger partial charge in [-0.05, 0) is 42.0 Å². The minimum absolute atomic E-state index is 0.124. The number of hydrogen-bond donors (Lipinski definition) is 0. The number of halogens is 2. The lowest BCUT2D eigenvalue weighted by Gasteiger charge is -2.36. The second-order valence-electron chi connectivity index (χ2n) is 9.00. The van der Waals surface area contributed by atoms with Crippen molar-refractivity contribution in [2.75, 3.05) is 44.7 Å². The Balaban J connectivity index is 1.31. The van der Waals surface area contributed by atoms with Crippen molar-refractivity contribution >= 4 is 17.3 Å². The molecule has 0 spiro atoms. The smallest absolute Gasteiger partial charge is 0.257 e. The Morgan fingerprint density at radius 2 is 1.72 bits per heavy atom. The number of hydrogen-bond acceptors (Lipinski definition) is 5. The predicted molar refractivity (Wildman–Crippen MR) is 135 cm³/mol. The number of benzene rings is 3. The summed E-state index contributed by atoms with van der Waals surface area (Å²) in [5, 5.41) is 6.19. The molecule has 1 fully saturated rings. The third-order valence-corrected chi connectivity index (χ3v) is 6.75. The first-order chi connectivity index (χ1) is 17.5. The highest BCUT2D eigenvalue weighted by Crippen LogP contribution is 2.34. The van der Waals surface area contributed by atoms with E-state index < -0.39 is 0 Å². The lowest BCUT2D eigenvalue weighted by molar-refractivity contribution is -0.134. The average Bonchev–Trinajstić information content (AvgIpc) is 3.35. The molecule has 0 unspecified atom stereocenters. The van der Waals surface area contributed by atoms with Gasteiger partial charge in [0.1, 0.15) is 17.4 Å². The molecule has 2 aliphatic rings. The summed E-state index contributed by atoms with van der Waals surface area (Å²) < 4.78 is 33.3. The third kappa shape index (κ3) is 5.09. The first kappa shape index (κ1) is 23.9. The highest BCUT2D eigenvalue weighted by atomic mass is 19.1. The van der Waals surface area contributed by atoms with Crippen LogP contribution in [0.1, 0.15) is 23.6 Å². The summed E-state index contributed by atoms with van der Waals surface area (Å²) in [5.74, 6) is 0.0320. The highest BCUT2D eigenvalue weighted by molar-refractivity contribution is 6.03. The molecule has 3 aromatic rings. The molecule has 36 heavy (non-hydrogen) atoms.